The Morgan fingerprint density at radius 1 is 1.15 bits per heavy atom. The predicted octanol–water partition coefficient (Wildman–Crippen LogP) is 2.71. The molecule has 1 heterocycles. The maximum absolute atomic E-state index is 10.4. The molecule has 3 nitrogen and oxygen atoms in total. The third-order valence-corrected chi connectivity index (χ3v) is 4.91. The summed E-state index contributed by atoms with van der Waals surface area (Å²) in [7, 11) is 0. The first-order valence-electron chi connectivity index (χ1n) is 7.67. The molecule has 3 unspecified atom stereocenters. The van der Waals surface area contributed by atoms with Gasteiger partial charge in [0.15, 0.2) is 0 Å². The summed E-state index contributed by atoms with van der Waals surface area (Å²) in [5, 5.41) is 19.1. The number of aliphatic hydroxyl groups is 1. The molecule has 106 valence electrons. The van der Waals surface area contributed by atoms with Crippen molar-refractivity contribution in [2.24, 2.45) is 11.8 Å². The lowest BCUT2D eigenvalue weighted by Gasteiger charge is -2.23. The first kappa shape index (κ1) is 13.6. The highest BCUT2D eigenvalue weighted by molar-refractivity contribution is 5.32. The van der Waals surface area contributed by atoms with E-state index in [2.05, 4.69) is 11.0 Å². The molecule has 0 bridgehead atoms. The second-order valence-corrected chi connectivity index (χ2v) is 6.27. The summed E-state index contributed by atoms with van der Waals surface area (Å²) in [4.78, 5) is 2.42. The van der Waals surface area contributed by atoms with Crippen LogP contribution in [0.5, 0.6) is 0 Å². The van der Waals surface area contributed by atoms with E-state index < -0.39 is 6.10 Å². The first-order chi connectivity index (χ1) is 9.76. The topological polar surface area (TPSA) is 47.3 Å². The van der Waals surface area contributed by atoms with Crippen LogP contribution >= 0.6 is 0 Å². The number of nitriles is 1. The molecule has 3 rings (SSSR count). The molecular weight excluding hydrogens is 248 g/mol. The smallest absolute Gasteiger partial charge is 0.0991 e. The van der Waals surface area contributed by atoms with Crippen LogP contribution in [0.1, 0.15) is 42.9 Å². The van der Waals surface area contributed by atoms with Gasteiger partial charge < -0.3 is 5.11 Å². The van der Waals surface area contributed by atoms with Crippen molar-refractivity contribution in [1.82, 2.24) is 4.90 Å². The van der Waals surface area contributed by atoms with Crippen molar-refractivity contribution in [3.8, 4) is 6.07 Å². The Morgan fingerprint density at radius 3 is 2.30 bits per heavy atom. The summed E-state index contributed by atoms with van der Waals surface area (Å²) in [6, 6.07) is 9.40. The van der Waals surface area contributed by atoms with Crippen molar-refractivity contribution < 1.29 is 5.11 Å². The lowest BCUT2D eigenvalue weighted by molar-refractivity contribution is 0.123. The number of fused-ring (bicyclic) bond motifs is 1. The van der Waals surface area contributed by atoms with Crippen molar-refractivity contribution in [2.45, 2.75) is 31.8 Å². The van der Waals surface area contributed by atoms with E-state index in [1.807, 2.05) is 12.1 Å². The average Bonchev–Trinajstić information content (AvgIpc) is 2.89. The van der Waals surface area contributed by atoms with Crippen LogP contribution < -0.4 is 0 Å². The summed E-state index contributed by atoms with van der Waals surface area (Å²) < 4.78 is 0. The molecule has 0 spiro atoms. The molecule has 1 aromatic rings. The van der Waals surface area contributed by atoms with Crippen molar-refractivity contribution >= 4 is 0 Å². The fourth-order valence-electron chi connectivity index (χ4n) is 3.78. The van der Waals surface area contributed by atoms with Gasteiger partial charge in [0, 0.05) is 19.6 Å². The fourth-order valence-corrected chi connectivity index (χ4v) is 3.78. The number of hydrogen-bond acceptors (Lipinski definition) is 3. The standard InChI is InChI=1S/C17H22N2O/c18-9-13-5-7-14(8-6-13)17(20)12-19-10-15-3-1-2-4-16(15)11-19/h5-8,15-17,20H,1-4,10-12H2. The highest BCUT2D eigenvalue weighted by atomic mass is 16.3. The van der Waals surface area contributed by atoms with Gasteiger partial charge in [0.1, 0.15) is 0 Å². The Kier molecular flexibility index (Phi) is 4.05. The molecular formula is C17H22N2O. The molecule has 3 atom stereocenters. The van der Waals surface area contributed by atoms with Gasteiger partial charge in [-0.3, -0.25) is 4.90 Å². The quantitative estimate of drug-likeness (QED) is 0.918. The summed E-state index contributed by atoms with van der Waals surface area (Å²) >= 11 is 0. The number of likely N-dealkylation sites (tertiary alicyclic amines) is 1. The van der Waals surface area contributed by atoms with E-state index in [1.54, 1.807) is 12.1 Å². The lowest BCUT2D eigenvalue weighted by atomic mass is 9.82. The maximum atomic E-state index is 10.4. The molecule has 2 aliphatic rings. The Morgan fingerprint density at radius 2 is 1.75 bits per heavy atom. The van der Waals surface area contributed by atoms with Gasteiger partial charge in [-0.25, -0.2) is 0 Å². The summed E-state index contributed by atoms with van der Waals surface area (Å²) in [6.45, 7) is 3.02. The Balaban J connectivity index is 1.58. The van der Waals surface area contributed by atoms with E-state index in [1.165, 1.54) is 25.7 Å². The normalized spacial score (nSPS) is 27.8. The molecule has 3 heteroatoms. The van der Waals surface area contributed by atoms with Crippen molar-refractivity contribution in [3.63, 3.8) is 0 Å². The van der Waals surface area contributed by atoms with Gasteiger partial charge in [0.05, 0.1) is 17.7 Å². The third-order valence-electron chi connectivity index (χ3n) is 4.91. The van der Waals surface area contributed by atoms with Gasteiger partial charge in [-0.1, -0.05) is 25.0 Å². The van der Waals surface area contributed by atoms with Gasteiger partial charge >= 0.3 is 0 Å². The number of benzene rings is 1. The van der Waals surface area contributed by atoms with Crippen LogP contribution in [0.2, 0.25) is 0 Å². The Labute approximate surface area is 120 Å². The molecule has 1 saturated carbocycles. The highest BCUT2D eigenvalue weighted by Crippen LogP contribution is 2.36. The van der Waals surface area contributed by atoms with E-state index in [0.717, 1.165) is 37.0 Å². The van der Waals surface area contributed by atoms with E-state index in [4.69, 9.17) is 5.26 Å². The van der Waals surface area contributed by atoms with Gasteiger partial charge in [-0.05, 0) is 42.4 Å². The van der Waals surface area contributed by atoms with Crippen LogP contribution in [-0.4, -0.2) is 29.6 Å². The summed E-state index contributed by atoms with van der Waals surface area (Å²) in [5.41, 5.74) is 1.56. The Hall–Kier alpha value is -1.37. The van der Waals surface area contributed by atoms with Crippen LogP contribution in [-0.2, 0) is 0 Å². The molecule has 0 aromatic heterocycles. The van der Waals surface area contributed by atoms with Gasteiger partial charge in [-0.2, -0.15) is 5.26 Å². The van der Waals surface area contributed by atoms with Gasteiger partial charge in [0.2, 0.25) is 0 Å². The number of aliphatic hydroxyl groups excluding tert-OH is 1. The SMILES string of the molecule is N#Cc1ccc(C(O)CN2CC3CCCCC3C2)cc1. The number of β-amino-alcohol motifs (C(OH)–C–C–N with tert-alkyl or cyclic N) is 1. The molecule has 0 amide bonds. The molecule has 1 N–H and O–H groups in total. The number of rotatable bonds is 3. The zero-order valence-corrected chi connectivity index (χ0v) is 11.8. The first-order valence-corrected chi connectivity index (χ1v) is 7.67. The van der Waals surface area contributed by atoms with Crippen molar-refractivity contribution in [1.29, 1.82) is 5.26 Å². The molecule has 2 fully saturated rings. The zero-order valence-electron chi connectivity index (χ0n) is 11.8. The van der Waals surface area contributed by atoms with E-state index in [0.29, 0.717) is 5.56 Å². The van der Waals surface area contributed by atoms with Gasteiger partial charge in [-0.15, -0.1) is 0 Å². The largest absolute Gasteiger partial charge is 0.387 e. The second-order valence-electron chi connectivity index (χ2n) is 6.27. The minimum Gasteiger partial charge on any atom is -0.387 e. The lowest BCUT2D eigenvalue weighted by Crippen LogP contribution is -2.26. The molecule has 1 saturated heterocycles. The van der Waals surface area contributed by atoms with E-state index in [-0.39, 0.29) is 0 Å². The van der Waals surface area contributed by atoms with Crippen LogP contribution in [0.25, 0.3) is 0 Å². The minimum absolute atomic E-state index is 0.442. The minimum atomic E-state index is -0.442. The van der Waals surface area contributed by atoms with E-state index in [9.17, 15) is 5.11 Å². The zero-order chi connectivity index (χ0) is 13.9. The number of nitrogens with zero attached hydrogens (tertiary/aromatic N) is 2. The molecule has 0 radical (unpaired) electrons. The molecule has 1 aliphatic carbocycles. The maximum Gasteiger partial charge on any atom is 0.0991 e. The van der Waals surface area contributed by atoms with Crippen LogP contribution in [0, 0.1) is 23.2 Å². The number of hydrogen-bond donors (Lipinski definition) is 1. The average molecular weight is 270 g/mol. The molecule has 1 aromatic carbocycles. The monoisotopic (exact) mass is 270 g/mol. The molecule has 20 heavy (non-hydrogen) atoms. The fraction of sp³-hybridized carbons (Fsp3) is 0.588. The van der Waals surface area contributed by atoms with Crippen LogP contribution in [0.3, 0.4) is 0 Å². The van der Waals surface area contributed by atoms with Crippen LogP contribution in [0.4, 0.5) is 0 Å². The summed E-state index contributed by atoms with van der Waals surface area (Å²) in [5.74, 6) is 1.72. The van der Waals surface area contributed by atoms with E-state index >= 15 is 0 Å². The second kappa shape index (κ2) is 5.95. The van der Waals surface area contributed by atoms with Gasteiger partial charge in [0.25, 0.3) is 0 Å². The summed E-state index contributed by atoms with van der Waals surface area (Å²) in [6.07, 6.45) is 5.06. The predicted molar refractivity (Wildman–Crippen MR) is 78.0 cm³/mol. The Bertz CT molecular complexity index is 477. The molecule has 1 aliphatic heterocycles. The highest BCUT2D eigenvalue weighted by Gasteiger charge is 2.34. The third kappa shape index (κ3) is 2.87. The van der Waals surface area contributed by atoms with Crippen molar-refractivity contribution in [3.05, 3.63) is 35.4 Å². The van der Waals surface area contributed by atoms with Crippen molar-refractivity contribution in [2.75, 3.05) is 19.6 Å². The van der Waals surface area contributed by atoms with Crippen LogP contribution in [0.15, 0.2) is 24.3 Å².